The van der Waals surface area contributed by atoms with E-state index in [4.69, 9.17) is 0 Å². The second kappa shape index (κ2) is 11.6. The molecule has 8 heteroatoms. The molecule has 0 spiro atoms. The third-order valence-corrected chi connectivity index (χ3v) is 5.73. The molecule has 162 valence electrons. The standard InChI is InChI=1S/C21H32FN5O.HI/c1-17-5-3-4-12-27(17)20(28)10-11-24-21(23-2)26-15-13-25(14-16-26)19-8-6-18(22)7-9-19;/h6-9,17H,3-5,10-16H2,1-2H3,(H,23,24);1H. The molecule has 2 saturated heterocycles. The third-order valence-electron chi connectivity index (χ3n) is 5.73. The number of rotatable bonds is 4. The van der Waals surface area contributed by atoms with E-state index < -0.39 is 0 Å². The van der Waals surface area contributed by atoms with E-state index in [1.165, 1.54) is 18.6 Å². The van der Waals surface area contributed by atoms with Gasteiger partial charge >= 0.3 is 0 Å². The Morgan fingerprint density at radius 2 is 1.83 bits per heavy atom. The van der Waals surface area contributed by atoms with Crippen LogP contribution >= 0.6 is 24.0 Å². The van der Waals surface area contributed by atoms with Crippen molar-refractivity contribution in [3.63, 3.8) is 0 Å². The van der Waals surface area contributed by atoms with Crippen molar-refractivity contribution in [1.82, 2.24) is 15.1 Å². The number of nitrogens with zero attached hydrogens (tertiary/aromatic N) is 4. The maximum absolute atomic E-state index is 13.1. The quantitative estimate of drug-likeness (QED) is 0.379. The highest BCUT2D eigenvalue weighted by atomic mass is 127. The summed E-state index contributed by atoms with van der Waals surface area (Å²) in [5.41, 5.74) is 1.05. The van der Waals surface area contributed by atoms with E-state index in [1.807, 2.05) is 17.0 Å². The first-order chi connectivity index (χ1) is 13.6. The zero-order chi connectivity index (χ0) is 19.9. The molecule has 6 nitrogen and oxygen atoms in total. The minimum absolute atomic E-state index is 0. The molecule has 2 aliphatic heterocycles. The minimum atomic E-state index is -0.208. The van der Waals surface area contributed by atoms with Crippen molar-refractivity contribution in [3.05, 3.63) is 30.1 Å². The zero-order valence-corrected chi connectivity index (χ0v) is 19.8. The lowest BCUT2D eigenvalue weighted by atomic mass is 10.0. The molecule has 1 aromatic rings. The summed E-state index contributed by atoms with van der Waals surface area (Å²) in [4.78, 5) is 23.4. The summed E-state index contributed by atoms with van der Waals surface area (Å²) < 4.78 is 13.1. The van der Waals surface area contributed by atoms with Gasteiger partial charge in [-0.1, -0.05) is 0 Å². The maximum atomic E-state index is 13.1. The Morgan fingerprint density at radius 1 is 1.14 bits per heavy atom. The average Bonchev–Trinajstić information content (AvgIpc) is 2.72. The van der Waals surface area contributed by atoms with Gasteiger partial charge in [-0.2, -0.15) is 0 Å². The highest BCUT2D eigenvalue weighted by Crippen LogP contribution is 2.18. The van der Waals surface area contributed by atoms with Crippen LogP contribution in [0.4, 0.5) is 10.1 Å². The third kappa shape index (κ3) is 6.45. The van der Waals surface area contributed by atoms with Gasteiger partial charge in [-0.25, -0.2) is 4.39 Å². The van der Waals surface area contributed by atoms with Gasteiger partial charge in [0.25, 0.3) is 0 Å². The highest BCUT2D eigenvalue weighted by Gasteiger charge is 2.23. The number of benzene rings is 1. The van der Waals surface area contributed by atoms with Gasteiger partial charge < -0.3 is 20.0 Å². The SMILES string of the molecule is CN=C(NCCC(=O)N1CCCCC1C)N1CCN(c2ccc(F)cc2)CC1.I. The van der Waals surface area contributed by atoms with E-state index in [0.717, 1.165) is 57.2 Å². The van der Waals surface area contributed by atoms with Crippen molar-refractivity contribution in [1.29, 1.82) is 0 Å². The van der Waals surface area contributed by atoms with Crippen LogP contribution in [0.15, 0.2) is 29.3 Å². The molecule has 29 heavy (non-hydrogen) atoms. The molecule has 2 aliphatic rings. The number of hydrogen-bond donors (Lipinski definition) is 1. The topological polar surface area (TPSA) is 51.2 Å². The summed E-state index contributed by atoms with van der Waals surface area (Å²) in [6.07, 6.45) is 3.95. The van der Waals surface area contributed by atoms with E-state index in [-0.39, 0.29) is 35.7 Å². The molecule has 2 fully saturated rings. The van der Waals surface area contributed by atoms with Crippen LogP contribution in [0, 0.1) is 5.82 Å². The van der Waals surface area contributed by atoms with Gasteiger partial charge in [-0.15, -0.1) is 24.0 Å². The molecule has 0 aromatic heterocycles. The summed E-state index contributed by atoms with van der Waals surface area (Å²) >= 11 is 0. The smallest absolute Gasteiger partial charge is 0.224 e. The number of hydrogen-bond acceptors (Lipinski definition) is 3. The average molecular weight is 517 g/mol. The highest BCUT2D eigenvalue weighted by molar-refractivity contribution is 14.0. The number of carbonyl (C=O) groups excluding carboxylic acids is 1. The van der Waals surface area contributed by atoms with Gasteiger partial charge in [-0.3, -0.25) is 9.79 Å². The van der Waals surface area contributed by atoms with Crippen molar-refractivity contribution in [3.8, 4) is 0 Å². The van der Waals surface area contributed by atoms with E-state index in [9.17, 15) is 9.18 Å². The number of carbonyl (C=O) groups is 1. The largest absolute Gasteiger partial charge is 0.368 e. The molecule has 0 bridgehead atoms. The van der Waals surface area contributed by atoms with E-state index in [2.05, 4.69) is 27.0 Å². The summed E-state index contributed by atoms with van der Waals surface area (Å²) in [5, 5.41) is 3.35. The van der Waals surface area contributed by atoms with Gasteiger partial charge in [0.15, 0.2) is 5.96 Å². The van der Waals surface area contributed by atoms with Gasteiger partial charge in [0.05, 0.1) is 0 Å². The van der Waals surface area contributed by atoms with Crippen LogP contribution in [0.5, 0.6) is 0 Å². The number of halogens is 2. The van der Waals surface area contributed by atoms with Gasteiger partial charge in [0.2, 0.25) is 5.91 Å². The molecule has 1 unspecified atom stereocenters. The summed E-state index contributed by atoms with van der Waals surface area (Å²) in [7, 11) is 1.78. The van der Waals surface area contributed by atoms with E-state index in [0.29, 0.717) is 19.0 Å². The molecule has 0 aliphatic carbocycles. The molecule has 0 saturated carbocycles. The first-order valence-electron chi connectivity index (χ1n) is 10.3. The lowest BCUT2D eigenvalue weighted by Crippen LogP contribution is -2.53. The molecule has 1 atom stereocenters. The summed E-state index contributed by atoms with van der Waals surface area (Å²) in [6, 6.07) is 7.02. The van der Waals surface area contributed by atoms with Crippen LogP contribution in [0.25, 0.3) is 0 Å². The molecular formula is C21H33FIN5O. The van der Waals surface area contributed by atoms with Gasteiger partial charge in [0, 0.05) is 64.5 Å². The van der Waals surface area contributed by atoms with Gasteiger partial charge in [-0.05, 0) is 50.5 Å². The zero-order valence-electron chi connectivity index (χ0n) is 17.4. The van der Waals surface area contributed by atoms with Crippen LogP contribution in [0.2, 0.25) is 0 Å². The normalized spacial score (nSPS) is 20.3. The van der Waals surface area contributed by atoms with Crippen molar-refractivity contribution in [2.75, 3.05) is 51.2 Å². The first kappa shape index (κ1) is 23.7. The lowest BCUT2D eigenvalue weighted by Gasteiger charge is -2.38. The molecule has 3 rings (SSSR count). The fourth-order valence-corrected chi connectivity index (χ4v) is 4.05. The number of piperidine rings is 1. The predicted molar refractivity (Wildman–Crippen MR) is 127 cm³/mol. The Balaban J connectivity index is 0.00000300. The predicted octanol–water partition coefficient (Wildman–Crippen LogP) is 2.93. The number of piperazine rings is 1. The Morgan fingerprint density at radius 3 is 2.45 bits per heavy atom. The molecule has 1 amide bonds. The van der Waals surface area contributed by atoms with Crippen LogP contribution in [0.1, 0.15) is 32.6 Å². The second-order valence-corrected chi connectivity index (χ2v) is 7.61. The fraction of sp³-hybridized carbons (Fsp3) is 0.619. The Kier molecular flexibility index (Phi) is 9.45. The van der Waals surface area contributed by atoms with Crippen LogP contribution < -0.4 is 10.2 Å². The van der Waals surface area contributed by atoms with E-state index in [1.54, 1.807) is 7.05 Å². The fourth-order valence-electron chi connectivity index (χ4n) is 4.05. The molecule has 1 aromatic carbocycles. The maximum Gasteiger partial charge on any atom is 0.224 e. The number of aliphatic imine (C=N–C) groups is 1. The number of amides is 1. The van der Waals surface area contributed by atoms with Crippen LogP contribution in [0.3, 0.4) is 0 Å². The second-order valence-electron chi connectivity index (χ2n) is 7.61. The van der Waals surface area contributed by atoms with Crippen molar-refractivity contribution >= 4 is 41.5 Å². The monoisotopic (exact) mass is 517 g/mol. The number of nitrogens with one attached hydrogen (secondary N) is 1. The van der Waals surface area contributed by atoms with Crippen molar-refractivity contribution in [2.24, 2.45) is 4.99 Å². The van der Waals surface area contributed by atoms with Crippen molar-refractivity contribution in [2.45, 2.75) is 38.6 Å². The Hall–Kier alpha value is -1.58. The van der Waals surface area contributed by atoms with Crippen LogP contribution in [-0.2, 0) is 4.79 Å². The number of guanidine groups is 1. The van der Waals surface area contributed by atoms with Crippen molar-refractivity contribution < 1.29 is 9.18 Å². The molecule has 2 heterocycles. The Labute approximate surface area is 190 Å². The van der Waals surface area contributed by atoms with E-state index >= 15 is 0 Å². The molecular weight excluding hydrogens is 484 g/mol. The van der Waals surface area contributed by atoms with Gasteiger partial charge in [0.1, 0.15) is 5.82 Å². The minimum Gasteiger partial charge on any atom is -0.368 e. The molecule has 1 N–H and O–H groups in total. The first-order valence-corrected chi connectivity index (χ1v) is 10.3. The lowest BCUT2D eigenvalue weighted by molar-refractivity contribution is -0.134. The molecule has 0 radical (unpaired) electrons. The van der Waals surface area contributed by atoms with Crippen LogP contribution in [-0.4, -0.2) is 74.0 Å². The number of likely N-dealkylation sites (tertiary alicyclic amines) is 1. The Bertz CT molecular complexity index is 676. The summed E-state index contributed by atoms with van der Waals surface area (Å²) in [6.45, 7) is 7.03. The summed E-state index contributed by atoms with van der Waals surface area (Å²) in [5.74, 6) is 0.870. The number of anilines is 1.